The van der Waals surface area contributed by atoms with Crippen LogP contribution < -0.4 is 9.47 Å². The van der Waals surface area contributed by atoms with Gasteiger partial charge >= 0.3 is 0 Å². The van der Waals surface area contributed by atoms with E-state index in [1.165, 1.54) is 0 Å². The molecule has 1 saturated carbocycles. The Morgan fingerprint density at radius 3 is 1.91 bits per heavy atom. The van der Waals surface area contributed by atoms with Crippen molar-refractivity contribution in [1.82, 2.24) is 0 Å². The Kier molecular flexibility index (Phi) is 6.91. The van der Waals surface area contributed by atoms with Crippen molar-refractivity contribution in [2.24, 2.45) is 0 Å². The number of hydrogen-bond acceptors (Lipinski definition) is 2. The van der Waals surface area contributed by atoms with Crippen molar-refractivity contribution in [3.63, 3.8) is 0 Å². The first-order chi connectivity index (χ1) is 15.4. The summed E-state index contributed by atoms with van der Waals surface area (Å²) in [6.45, 7) is 2.07. The maximum absolute atomic E-state index is 15.1. The van der Waals surface area contributed by atoms with Crippen LogP contribution in [0.25, 0.3) is 22.3 Å². The van der Waals surface area contributed by atoms with Gasteiger partial charge in [0, 0.05) is 17.2 Å². The molecule has 2 nitrogen and oxygen atoms in total. The lowest BCUT2D eigenvalue weighted by Crippen LogP contribution is -1.99. The third kappa shape index (κ3) is 4.44. The summed E-state index contributed by atoms with van der Waals surface area (Å²) in [5.41, 5.74) is 4.26. The van der Waals surface area contributed by atoms with Crippen LogP contribution in [0.4, 0.5) is 8.78 Å². The van der Waals surface area contributed by atoms with Gasteiger partial charge in [-0.3, -0.25) is 0 Å². The maximum Gasteiger partial charge on any atom is 0.133 e. The summed E-state index contributed by atoms with van der Waals surface area (Å²) in [5, 5.41) is 0. The van der Waals surface area contributed by atoms with Gasteiger partial charge in [0.1, 0.15) is 23.1 Å². The molecule has 0 N–H and O–H groups in total. The van der Waals surface area contributed by atoms with Gasteiger partial charge in [0.05, 0.1) is 23.2 Å². The number of aryl methyl sites for hydroxylation is 1. The van der Waals surface area contributed by atoms with E-state index in [1.54, 1.807) is 20.3 Å². The average Bonchev–Trinajstić information content (AvgIpc) is 3.60. The van der Waals surface area contributed by atoms with Gasteiger partial charge < -0.3 is 9.47 Å². The van der Waals surface area contributed by atoms with Crippen molar-refractivity contribution in [1.29, 1.82) is 0 Å². The minimum Gasteiger partial charge on any atom is -0.496 e. The highest BCUT2D eigenvalue weighted by molar-refractivity contribution is 9.10. The minimum atomic E-state index is -0.582. The van der Waals surface area contributed by atoms with Crippen molar-refractivity contribution < 1.29 is 18.3 Å². The van der Waals surface area contributed by atoms with E-state index in [-0.39, 0.29) is 0 Å². The first-order valence-corrected chi connectivity index (χ1v) is 12.2. The Balaban J connectivity index is 1.93. The van der Waals surface area contributed by atoms with Crippen molar-refractivity contribution in [2.45, 2.75) is 38.5 Å². The Labute approximate surface area is 204 Å². The summed E-state index contributed by atoms with van der Waals surface area (Å²) in [7, 11) is 3.22. The molecule has 6 heteroatoms. The molecule has 1 aliphatic carbocycles. The lowest BCUT2D eigenvalue weighted by molar-refractivity contribution is 0.411. The Morgan fingerprint density at radius 2 is 1.34 bits per heavy atom. The predicted octanol–water partition coefficient (Wildman–Crippen LogP) is 8.67. The highest BCUT2D eigenvalue weighted by Gasteiger charge is 2.29. The van der Waals surface area contributed by atoms with E-state index in [0.29, 0.717) is 28.5 Å². The first kappa shape index (κ1) is 23.2. The predicted molar refractivity (Wildman–Crippen MR) is 132 cm³/mol. The topological polar surface area (TPSA) is 18.5 Å². The molecule has 0 spiro atoms. The zero-order valence-corrected chi connectivity index (χ0v) is 21.4. The summed E-state index contributed by atoms with van der Waals surface area (Å²) in [6, 6.07) is 10.3. The first-order valence-electron chi connectivity index (χ1n) is 10.6. The molecule has 0 amide bonds. The number of hydrogen-bond donors (Lipinski definition) is 0. The number of benzene rings is 3. The SMILES string of the molecule is CCCc1cc(OC)c(Br)cc1-c1cc(-c2cc(Br)c(OC)cc2C2CC2)c(F)cc1F. The van der Waals surface area contributed by atoms with Crippen molar-refractivity contribution >= 4 is 31.9 Å². The second-order valence-corrected chi connectivity index (χ2v) is 9.76. The standard InChI is InChI=1S/C26H24Br2F2O2/c1-4-5-15-8-25(31-2)21(27)10-16(15)19-9-20(24(30)13-23(19)29)18-11-22(28)26(32-3)12-17(18)14-6-7-14/h8-14H,4-7H2,1-3H3. The summed E-state index contributed by atoms with van der Waals surface area (Å²) >= 11 is 7.04. The van der Waals surface area contributed by atoms with Crippen LogP contribution in [0.2, 0.25) is 0 Å². The van der Waals surface area contributed by atoms with Crippen LogP contribution in [0.15, 0.2) is 45.3 Å². The average molecular weight is 566 g/mol. The molecule has 0 bridgehead atoms. The van der Waals surface area contributed by atoms with E-state index in [1.807, 2.05) is 24.3 Å². The summed E-state index contributed by atoms with van der Waals surface area (Å²) < 4.78 is 42.6. The minimum absolute atomic E-state index is 0.366. The van der Waals surface area contributed by atoms with Gasteiger partial charge in [-0.25, -0.2) is 8.78 Å². The van der Waals surface area contributed by atoms with E-state index < -0.39 is 11.6 Å². The molecule has 0 saturated heterocycles. The van der Waals surface area contributed by atoms with Crippen LogP contribution in [0.1, 0.15) is 43.2 Å². The van der Waals surface area contributed by atoms with Gasteiger partial charge in [-0.2, -0.15) is 0 Å². The van der Waals surface area contributed by atoms with Crippen molar-refractivity contribution in [3.8, 4) is 33.8 Å². The molecule has 0 aromatic heterocycles. The van der Waals surface area contributed by atoms with Gasteiger partial charge in [0.15, 0.2) is 0 Å². The van der Waals surface area contributed by atoms with E-state index in [9.17, 15) is 0 Å². The van der Waals surface area contributed by atoms with Crippen LogP contribution in [-0.4, -0.2) is 14.2 Å². The zero-order chi connectivity index (χ0) is 23.0. The maximum atomic E-state index is 15.1. The quantitative estimate of drug-likeness (QED) is 0.285. The molecule has 0 aliphatic heterocycles. The van der Waals surface area contributed by atoms with E-state index in [2.05, 4.69) is 38.8 Å². The molecule has 0 heterocycles. The lowest BCUT2D eigenvalue weighted by Gasteiger charge is -2.17. The van der Waals surface area contributed by atoms with E-state index in [4.69, 9.17) is 9.47 Å². The Bertz CT molecular complexity index is 1170. The second-order valence-electron chi connectivity index (χ2n) is 8.05. The summed E-state index contributed by atoms with van der Waals surface area (Å²) in [5.74, 6) is 0.611. The van der Waals surface area contributed by atoms with E-state index >= 15 is 8.78 Å². The lowest BCUT2D eigenvalue weighted by atomic mass is 9.90. The smallest absolute Gasteiger partial charge is 0.133 e. The molecule has 32 heavy (non-hydrogen) atoms. The normalized spacial score (nSPS) is 13.3. The zero-order valence-electron chi connectivity index (χ0n) is 18.2. The van der Waals surface area contributed by atoms with Gasteiger partial charge in [0.2, 0.25) is 0 Å². The number of halogens is 4. The Morgan fingerprint density at radius 1 is 0.781 bits per heavy atom. The van der Waals surface area contributed by atoms with Crippen LogP contribution in [0.5, 0.6) is 11.5 Å². The van der Waals surface area contributed by atoms with Crippen LogP contribution in [-0.2, 0) is 6.42 Å². The highest BCUT2D eigenvalue weighted by atomic mass is 79.9. The number of rotatable bonds is 7. The monoisotopic (exact) mass is 564 g/mol. The molecule has 0 radical (unpaired) electrons. The Hall–Kier alpha value is -1.92. The fraction of sp³-hybridized carbons (Fsp3) is 0.308. The van der Waals surface area contributed by atoms with Crippen molar-refractivity contribution in [3.05, 3.63) is 68.1 Å². The molecule has 1 fully saturated rings. The molecule has 0 unspecified atom stereocenters. The third-order valence-electron chi connectivity index (χ3n) is 5.88. The summed E-state index contributed by atoms with van der Waals surface area (Å²) in [6.07, 6.45) is 3.76. The molecule has 3 aromatic rings. The van der Waals surface area contributed by atoms with Crippen LogP contribution in [0, 0.1) is 11.6 Å². The second kappa shape index (κ2) is 9.52. The number of methoxy groups -OCH3 is 2. The molecular weight excluding hydrogens is 542 g/mol. The van der Waals surface area contributed by atoms with Gasteiger partial charge in [-0.1, -0.05) is 13.3 Å². The molecule has 0 atom stereocenters. The molecule has 1 aliphatic rings. The molecule has 4 rings (SSSR count). The van der Waals surface area contributed by atoms with Gasteiger partial charge in [-0.15, -0.1) is 0 Å². The molecule has 168 valence electrons. The highest BCUT2D eigenvalue weighted by Crippen LogP contribution is 2.48. The van der Waals surface area contributed by atoms with Crippen LogP contribution in [0.3, 0.4) is 0 Å². The fourth-order valence-corrected chi connectivity index (χ4v) is 5.14. The third-order valence-corrected chi connectivity index (χ3v) is 7.11. The molecular formula is C26H24Br2F2O2. The fourth-order valence-electron chi connectivity index (χ4n) is 4.13. The molecule has 3 aromatic carbocycles. The van der Waals surface area contributed by atoms with Crippen molar-refractivity contribution in [2.75, 3.05) is 14.2 Å². The van der Waals surface area contributed by atoms with Gasteiger partial charge in [-0.05, 0) is 110 Å². The largest absolute Gasteiger partial charge is 0.496 e. The van der Waals surface area contributed by atoms with Crippen LogP contribution >= 0.6 is 31.9 Å². The summed E-state index contributed by atoms with van der Waals surface area (Å²) in [4.78, 5) is 0. The van der Waals surface area contributed by atoms with Gasteiger partial charge in [0.25, 0.3) is 0 Å². The number of ether oxygens (including phenoxy) is 2. The van der Waals surface area contributed by atoms with E-state index in [0.717, 1.165) is 62.9 Å².